The van der Waals surface area contributed by atoms with Crippen LogP contribution in [0.1, 0.15) is 132 Å². The number of hydrogen-bond acceptors (Lipinski definition) is 0. The van der Waals surface area contributed by atoms with E-state index < -0.39 is 0 Å². The van der Waals surface area contributed by atoms with Crippen LogP contribution in [-0.2, 0) is 6.42 Å². The Labute approximate surface area is 222 Å². The van der Waals surface area contributed by atoms with Gasteiger partial charge < -0.3 is 0 Å². The van der Waals surface area contributed by atoms with Gasteiger partial charge in [-0.15, -0.1) is 0 Å². The van der Waals surface area contributed by atoms with Gasteiger partial charge in [-0.3, -0.25) is 0 Å². The predicted octanol–water partition coefficient (Wildman–Crippen LogP) is 10.1. The molecule has 0 heterocycles. The standard InChI is InChI=1S/C36H48/c1-3-5-7-9-10-12-14-32-17-21-34(22-18-32)24-26-36-29-27-35(28-30-36)25-23-33-19-15-31(16-20-33)13-11-8-6-4-2/h17-18,21-22,27-31,33H,3-11,13,15-16,19-20,23,25H2,1-2H3/t31-,33-. The highest BCUT2D eigenvalue weighted by Crippen LogP contribution is 2.34. The fourth-order valence-corrected chi connectivity index (χ4v) is 5.38. The van der Waals surface area contributed by atoms with Crippen molar-refractivity contribution in [2.75, 3.05) is 0 Å². The SMILES string of the molecule is CCCCCCC#Cc1ccc(C#Cc2ccc(CC[C@H]3CC[C@H](CCCCCC)CC3)cc2)cc1. The highest BCUT2D eigenvalue weighted by Gasteiger charge is 2.20. The molecule has 0 nitrogen and oxygen atoms in total. The largest absolute Gasteiger partial charge is 0.0979 e. The predicted molar refractivity (Wildman–Crippen MR) is 157 cm³/mol. The summed E-state index contributed by atoms with van der Waals surface area (Å²) in [7, 11) is 0. The molecule has 3 rings (SSSR count). The first-order valence-corrected chi connectivity index (χ1v) is 15.0. The van der Waals surface area contributed by atoms with Gasteiger partial charge in [-0.25, -0.2) is 0 Å². The molecule has 0 spiro atoms. The van der Waals surface area contributed by atoms with E-state index in [1.54, 1.807) is 0 Å². The van der Waals surface area contributed by atoms with E-state index in [0.717, 1.165) is 34.9 Å². The molecule has 1 saturated carbocycles. The molecule has 0 aliphatic heterocycles. The minimum absolute atomic E-state index is 0.935. The molecule has 2 aromatic rings. The highest BCUT2D eigenvalue weighted by molar-refractivity contribution is 5.46. The second-order valence-electron chi connectivity index (χ2n) is 10.9. The fourth-order valence-electron chi connectivity index (χ4n) is 5.38. The monoisotopic (exact) mass is 480 g/mol. The van der Waals surface area contributed by atoms with Gasteiger partial charge in [-0.2, -0.15) is 0 Å². The average molecular weight is 481 g/mol. The molecule has 0 aromatic heterocycles. The van der Waals surface area contributed by atoms with Crippen LogP contribution in [0.5, 0.6) is 0 Å². The molecule has 0 bridgehead atoms. The summed E-state index contributed by atoms with van der Waals surface area (Å²) in [5.41, 5.74) is 4.69. The normalized spacial score (nSPS) is 17.1. The molecule has 0 radical (unpaired) electrons. The topological polar surface area (TPSA) is 0 Å². The first-order chi connectivity index (χ1) is 17.8. The summed E-state index contributed by atoms with van der Waals surface area (Å²) >= 11 is 0. The van der Waals surface area contributed by atoms with Crippen molar-refractivity contribution in [1.82, 2.24) is 0 Å². The number of hydrogen-bond donors (Lipinski definition) is 0. The van der Waals surface area contributed by atoms with Crippen LogP contribution in [0.25, 0.3) is 0 Å². The van der Waals surface area contributed by atoms with E-state index >= 15 is 0 Å². The fraction of sp³-hybridized carbons (Fsp3) is 0.556. The smallest absolute Gasteiger partial charge is 0.0249 e. The Kier molecular flexibility index (Phi) is 13.4. The molecule has 0 unspecified atom stereocenters. The van der Waals surface area contributed by atoms with E-state index in [1.807, 2.05) is 0 Å². The van der Waals surface area contributed by atoms with E-state index in [-0.39, 0.29) is 0 Å². The van der Waals surface area contributed by atoms with E-state index in [4.69, 9.17) is 0 Å². The quantitative estimate of drug-likeness (QED) is 0.209. The van der Waals surface area contributed by atoms with Crippen LogP contribution in [0.3, 0.4) is 0 Å². The maximum Gasteiger partial charge on any atom is 0.0249 e. The van der Waals surface area contributed by atoms with E-state index in [0.29, 0.717) is 0 Å². The summed E-state index contributed by atoms with van der Waals surface area (Å²) in [6.45, 7) is 4.55. The van der Waals surface area contributed by atoms with Crippen molar-refractivity contribution in [2.45, 2.75) is 117 Å². The summed E-state index contributed by atoms with van der Waals surface area (Å²) < 4.78 is 0. The van der Waals surface area contributed by atoms with Gasteiger partial charge in [0.1, 0.15) is 0 Å². The zero-order chi connectivity index (χ0) is 25.3. The molecule has 1 aliphatic rings. The summed E-state index contributed by atoms with van der Waals surface area (Å²) in [6, 6.07) is 17.3. The zero-order valence-corrected chi connectivity index (χ0v) is 23.1. The summed E-state index contributed by atoms with van der Waals surface area (Å²) in [4.78, 5) is 0. The Morgan fingerprint density at radius 2 is 1.06 bits per heavy atom. The highest BCUT2D eigenvalue weighted by atomic mass is 14.3. The Morgan fingerprint density at radius 1 is 0.556 bits per heavy atom. The van der Waals surface area contributed by atoms with Gasteiger partial charge in [-0.05, 0) is 73.1 Å². The molecule has 1 fully saturated rings. The third-order valence-corrected chi connectivity index (χ3v) is 7.85. The molecule has 0 heteroatoms. The number of aryl methyl sites for hydroxylation is 1. The molecule has 0 saturated heterocycles. The zero-order valence-electron chi connectivity index (χ0n) is 23.1. The Morgan fingerprint density at radius 3 is 1.64 bits per heavy atom. The summed E-state index contributed by atoms with van der Waals surface area (Å²) in [5.74, 6) is 15.2. The van der Waals surface area contributed by atoms with Crippen molar-refractivity contribution in [3.8, 4) is 23.7 Å². The lowest BCUT2D eigenvalue weighted by molar-refractivity contribution is 0.249. The van der Waals surface area contributed by atoms with Gasteiger partial charge >= 0.3 is 0 Å². The van der Waals surface area contributed by atoms with Crippen LogP contribution in [0, 0.1) is 35.5 Å². The van der Waals surface area contributed by atoms with Gasteiger partial charge in [-0.1, -0.05) is 127 Å². The molecular weight excluding hydrogens is 432 g/mol. The van der Waals surface area contributed by atoms with Crippen molar-refractivity contribution in [2.24, 2.45) is 11.8 Å². The van der Waals surface area contributed by atoms with E-state index in [1.165, 1.54) is 102 Å². The minimum Gasteiger partial charge on any atom is -0.0979 e. The molecule has 0 amide bonds. The molecule has 1 aliphatic carbocycles. The molecule has 192 valence electrons. The van der Waals surface area contributed by atoms with E-state index in [9.17, 15) is 0 Å². The van der Waals surface area contributed by atoms with Crippen molar-refractivity contribution in [3.63, 3.8) is 0 Å². The van der Waals surface area contributed by atoms with Crippen LogP contribution in [0.4, 0.5) is 0 Å². The van der Waals surface area contributed by atoms with Crippen molar-refractivity contribution in [3.05, 3.63) is 70.8 Å². The van der Waals surface area contributed by atoms with Crippen molar-refractivity contribution < 1.29 is 0 Å². The summed E-state index contributed by atoms with van der Waals surface area (Å²) in [6.07, 6.45) is 21.6. The molecule has 2 aromatic carbocycles. The van der Waals surface area contributed by atoms with Crippen LogP contribution in [0.2, 0.25) is 0 Å². The lowest BCUT2D eigenvalue weighted by Gasteiger charge is -2.28. The van der Waals surface area contributed by atoms with Gasteiger partial charge in [0.15, 0.2) is 0 Å². The number of rotatable bonds is 12. The third kappa shape index (κ3) is 11.1. The third-order valence-electron chi connectivity index (χ3n) is 7.85. The first-order valence-electron chi connectivity index (χ1n) is 15.0. The Hall–Kier alpha value is -2.44. The maximum absolute atomic E-state index is 3.33. The van der Waals surface area contributed by atoms with Gasteiger partial charge in [0.25, 0.3) is 0 Å². The lowest BCUT2D eigenvalue weighted by atomic mass is 9.77. The molecule has 0 atom stereocenters. The Balaban J connectivity index is 1.37. The summed E-state index contributed by atoms with van der Waals surface area (Å²) in [5, 5.41) is 0. The lowest BCUT2D eigenvalue weighted by Crippen LogP contribution is -2.15. The van der Waals surface area contributed by atoms with Crippen LogP contribution in [0.15, 0.2) is 48.5 Å². The van der Waals surface area contributed by atoms with Crippen LogP contribution >= 0.6 is 0 Å². The molecule has 0 N–H and O–H groups in total. The molecule has 36 heavy (non-hydrogen) atoms. The molecular formula is C36H48. The van der Waals surface area contributed by atoms with Gasteiger partial charge in [0.2, 0.25) is 0 Å². The van der Waals surface area contributed by atoms with Crippen LogP contribution in [-0.4, -0.2) is 0 Å². The number of benzene rings is 2. The van der Waals surface area contributed by atoms with Crippen LogP contribution < -0.4 is 0 Å². The minimum atomic E-state index is 0.935. The number of unbranched alkanes of at least 4 members (excludes halogenated alkanes) is 7. The first kappa shape index (κ1) is 28.1. The second-order valence-corrected chi connectivity index (χ2v) is 10.9. The average Bonchev–Trinajstić information content (AvgIpc) is 2.92. The van der Waals surface area contributed by atoms with Crippen molar-refractivity contribution in [1.29, 1.82) is 0 Å². The van der Waals surface area contributed by atoms with E-state index in [2.05, 4.69) is 86.1 Å². The van der Waals surface area contributed by atoms with Crippen molar-refractivity contribution >= 4 is 0 Å². The van der Waals surface area contributed by atoms with Gasteiger partial charge in [0.05, 0.1) is 0 Å². The second kappa shape index (κ2) is 17.1. The maximum atomic E-state index is 3.33. The Bertz CT molecular complexity index is 963. The van der Waals surface area contributed by atoms with Gasteiger partial charge in [0, 0.05) is 23.1 Å².